The topological polar surface area (TPSA) is 27.7 Å². The lowest BCUT2D eigenvalue weighted by Gasteiger charge is -2.30. The fraction of sp³-hybridized carbons (Fsp3) is 0.250. The second-order valence-corrected chi connectivity index (χ2v) is 7.52. The van der Waals surface area contributed by atoms with Gasteiger partial charge in [-0.3, -0.25) is 0 Å². The minimum absolute atomic E-state index is 0.287. The number of hydrogen-bond acceptors (Lipinski definition) is 3. The summed E-state index contributed by atoms with van der Waals surface area (Å²) in [5.74, 6) is 2.51. The Bertz CT molecular complexity index is 920. The fourth-order valence-electron chi connectivity index (χ4n) is 3.31. The molecule has 4 rings (SSSR count). The highest BCUT2D eigenvalue weighted by Gasteiger charge is 2.26. The van der Waals surface area contributed by atoms with Gasteiger partial charge in [-0.1, -0.05) is 36.9 Å². The molecule has 2 aliphatic rings. The van der Waals surface area contributed by atoms with Crippen molar-refractivity contribution in [1.82, 2.24) is 0 Å². The molecule has 0 N–H and O–H groups in total. The minimum atomic E-state index is -0.287. The molecular weight excluding hydrogens is 336 g/mol. The summed E-state index contributed by atoms with van der Waals surface area (Å²) in [5.41, 5.74) is 4.09. The zero-order chi connectivity index (χ0) is 18.9. The molecule has 0 aliphatic carbocycles. The summed E-state index contributed by atoms with van der Waals surface area (Å²) in [7, 11) is 0. The molecule has 0 atom stereocenters. The van der Waals surface area contributed by atoms with E-state index >= 15 is 0 Å². The molecule has 0 saturated heterocycles. The van der Waals surface area contributed by atoms with E-state index in [1.807, 2.05) is 50.2 Å². The van der Waals surface area contributed by atoms with Crippen LogP contribution in [0, 0.1) is 0 Å². The van der Waals surface area contributed by atoms with Gasteiger partial charge >= 0.3 is 0 Å². The summed E-state index contributed by atoms with van der Waals surface area (Å²) in [5, 5.41) is 0. The van der Waals surface area contributed by atoms with Crippen LogP contribution in [-0.2, 0) is 11.3 Å². The Hall–Kier alpha value is -2.94. The zero-order valence-electron chi connectivity index (χ0n) is 15.8. The molecular formula is C24H24O3. The van der Waals surface area contributed by atoms with Crippen LogP contribution in [0.4, 0.5) is 0 Å². The van der Waals surface area contributed by atoms with E-state index in [2.05, 4.69) is 30.9 Å². The number of benzene rings is 2. The Morgan fingerprint density at radius 3 is 2.78 bits per heavy atom. The van der Waals surface area contributed by atoms with Crippen molar-refractivity contribution in [3.63, 3.8) is 0 Å². The highest BCUT2D eigenvalue weighted by atomic mass is 16.5. The number of fused-ring (bicyclic) bond motifs is 3. The van der Waals surface area contributed by atoms with E-state index in [0.29, 0.717) is 19.6 Å². The monoisotopic (exact) mass is 360 g/mol. The van der Waals surface area contributed by atoms with Crippen molar-refractivity contribution >= 4 is 12.2 Å². The summed E-state index contributed by atoms with van der Waals surface area (Å²) in [6, 6.07) is 14.2. The second-order valence-electron chi connectivity index (χ2n) is 7.52. The van der Waals surface area contributed by atoms with Crippen molar-refractivity contribution in [1.29, 1.82) is 0 Å². The first-order chi connectivity index (χ1) is 13.0. The maximum Gasteiger partial charge on any atom is 0.137 e. The smallest absolute Gasteiger partial charge is 0.137 e. The Morgan fingerprint density at radius 2 is 1.96 bits per heavy atom. The Balaban J connectivity index is 1.45. The average Bonchev–Trinajstić information content (AvgIpc) is 2.66. The third-order valence-corrected chi connectivity index (χ3v) is 4.68. The van der Waals surface area contributed by atoms with Gasteiger partial charge in [0.1, 0.15) is 30.3 Å². The van der Waals surface area contributed by atoms with Crippen molar-refractivity contribution in [2.45, 2.75) is 32.5 Å². The van der Waals surface area contributed by atoms with Crippen LogP contribution in [0.2, 0.25) is 0 Å². The largest absolute Gasteiger partial charge is 0.494 e. The number of ether oxygens (including phenoxy) is 3. The molecule has 0 spiro atoms. The van der Waals surface area contributed by atoms with Crippen LogP contribution in [0.5, 0.6) is 11.5 Å². The molecule has 2 heterocycles. The molecule has 0 radical (unpaired) electrons. The van der Waals surface area contributed by atoms with Crippen molar-refractivity contribution in [2.75, 3.05) is 6.61 Å². The highest BCUT2D eigenvalue weighted by Crippen LogP contribution is 2.41. The third-order valence-electron chi connectivity index (χ3n) is 4.68. The van der Waals surface area contributed by atoms with Crippen molar-refractivity contribution in [3.8, 4) is 11.5 Å². The first kappa shape index (κ1) is 17.5. The normalized spacial score (nSPS) is 16.3. The Morgan fingerprint density at radius 1 is 1.15 bits per heavy atom. The average molecular weight is 360 g/mol. The molecule has 3 nitrogen and oxygen atoms in total. The van der Waals surface area contributed by atoms with E-state index in [0.717, 1.165) is 39.5 Å². The van der Waals surface area contributed by atoms with Gasteiger partial charge in [0.25, 0.3) is 0 Å². The van der Waals surface area contributed by atoms with E-state index in [1.165, 1.54) is 0 Å². The minimum Gasteiger partial charge on any atom is -0.494 e. The van der Waals surface area contributed by atoms with Gasteiger partial charge < -0.3 is 14.2 Å². The summed E-state index contributed by atoms with van der Waals surface area (Å²) in [6.07, 6.45) is 7.00. The predicted octanol–water partition coefficient (Wildman–Crippen LogP) is 5.77. The van der Waals surface area contributed by atoms with Crippen LogP contribution in [0.1, 0.15) is 37.0 Å². The van der Waals surface area contributed by atoms with E-state index in [-0.39, 0.29) is 5.60 Å². The molecule has 0 amide bonds. The summed E-state index contributed by atoms with van der Waals surface area (Å²) >= 11 is 0. The second kappa shape index (κ2) is 6.99. The van der Waals surface area contributed by atoms with Gasteiger partial charge in [0.05, 0.1) is 11.3 Å². The molecule has 0 aromatic heterocycles. The molecule has 27 heavy (non-hydrogen) atoms. The van der Waals surface area contributed by atoms with Gasteiger partial charge in [0.15, 0.2) is 0 Å². The van der Waals surface area contributed by atoms with Crippen LogP contribution in [0.25, 0.3) is 12.2 Å². The first-order valence-corrected chi connectivity index (χ1v) is 9.22. The lowest BCUT2D eigenvalue weighted by atomic mass is 9.97. The quantitative estimate of drug-likeness (QED) is 0.634. The standard InChI is InChI=1S/C24H24O3/c1-17(25-15-18-7-5-4-6-8-18)13-19-14-20-9-10-22-21(23(20)26-16-19)11-12-24(2,3)27-22/h4-12,14H,1,13,15-16H2,2-3H3. The highest BCUT2D eigenvalue weighted by molar-refractivity contribution is 5.75. The Kier molecular flexibility index (Phi) is 4.53. The number of hydrogen-bond donors (Lipinski definition) is 0. The lowest BCUT2D eigenvalue weighted by molar-refractivity contribution is 0.158. The molecule has 0 fully saturated rings. The fourth-order valence-corrected chi connectivity index (χ4v) is 3.31. The molecule has 2 aromatic carbocycles. The first-order valence-electron chi connectivity index (χ1n) is 9.22. The molecule has 3 heteroatoms. The van der Waals surface area contributed by atoms with Crippen molar-refractivity contribution in [3.05, 3.63) is 83.1 Å². The van der Waals surface area contributed by atoms with E-state index in [4.69, 9.17) is 14.2 Å². The van der Waals surface area contributed by atoms with E-state index in [1.54, 1.807) is 0 Å². The van der Waals surface area contributed by atoms with Crippen LogP contribution >= 0.6 is 0 Å². The van der Waals surface area contributed by atoms with Gasteiger partial charge in [-0.25, -0.2) is 0 Å². The SMILES string of the molecule is C=C(CC1=Cc2ccc3c(c2OC1)C=CC(C)(C)O3)OCc1ccccc1. The van der Waals surface area contributed by atoms with Crippen molar-refractivity contribution < 1.29 is 14.2 Å². The molecule has 138 valence electrons. The van der Waals surface area contributed by atoms with Gasteiger partial charge in [-0.15, -0.1) is 0 Å². The molecule has 0 unspecified atom stereocenters. The molecule has 0 saturated carbocycles. The van der Waals surface area contributed by atoms with E-state index < -0.39 is 0 Å². The summed E-state index contributed by atoms with van der Waals surface area (Å²) < 4.78 is 17.9. The van der Waals surface area contributed by atoms with E-state index in [9.17, 15) is 0 Å². The van der Waals surface area contributed by atoms with Crippen LogP contribution < -0.4 is 9.47 Å². The number of rotatable bonds is 5. The molecule has 0 bridgehead atoms. The van der Waals surface area contributed by atoms with Gasteiger partial charge in [0, 0.05) is 12.0 Å². The van der Waals surface area contributed by atoms with Crippen LogP contribution in [-0.4, -0.2) is 12.2 Å². The lowest BCUT2D eigenvalue weighted by Crippen LogP contribution is -2.27. The third kappa shape index (κ3) is 3.92. The summed E-state index contributed by atoms with van der Waals surface area (Å²) in [6.45, 7) is 9.22. The van der Waals surface area contributed by atoms with Crippen LogP contribution in [0.15, 0.2) is 66.5 Å². The predicted molar refractivity (Wildman–Crippen MR) is 109 cm³/mol. The molecule has 2 aromatic rings. The maximum absolute atomic E-state index is 6.07. The zero-order valence-corrected chi connectivity index (χ0v) is 15.8. The molecule has 2 aliphatic heterocycles. The Labute approximate surface area is 160 Å². The number of allylic oxidation sites excluding steroid dienone is 1. The summed E-state index contributed by atoms with van der Waals surface area (Å²) in [4.78, 5) is 0. The van der Waals surface area contributed by atoms with Gasteiger partial charge in [-0.05, 0) is 55.3 Å². The van der Waals surface area contributed by atoms with Crippen LogP contribution in [0.3, 0.4) is 0 Å². The maximum atomic E-state index is 6.07. The van der Waals surface area contributed by atoms with Crippen molar-refractivity contribution in [2.24, 2.45) is 0 Å². The van der Waals surface area contributed by atoms with Gasteiger partial charge in [0.2, 0.25) is 0 Å². The van der Waals surface area contributed by atoms with Gasteiger partial charge in [-0.2, -0.15) is 0 Å².